The van der Waals surface area contributed by atoms with Crippen molar-refractivity contribution >= 4 is 68.9 Å². The Morgan fingerprint density at radius 3 is 1.38 bits per heavy atom. The molecule has 0 aromatic rings. The zero-order valence-corrected chi connectivity index (χ0v) is 22.1. The molecule has 10 nitrogen and oxygen atoms in total. The molecule has 0 radical (unpaired) electrons. The first kappa shape index (κ1) is 31.2. The molecular weight excluding hydrogens is 496 g/mol. The third-order valence-corrected chi connectivity index (χ3v) is 7.81. The molecular formula is C18H34N4O6S4. The van der Waals surface area contributed by atoms with Crippen LogP contribution in [0.3, 0.4) is 0 Å². The number of carbonyl (C=O) groups is 4. The van der Waals surface area contributed by atoms with Crippen LogP contribution in [0.5, 0.6) is 0 Å². The zero-order chi connectivity index (χ0) is 24.5. The van der Waals surface area contributed by atoms with Gasteiger partial charge in [0.05, 0.1) is 26.3 Å². The van der Waals surface area contributed by atoms with Gasteiger partial charge in [-0.05, 0) is 36.9 Å². The normalized spacial score (nSPS) is 14.6. The van der Waals surface area contributed by atoms with E-state index in [9.17, 15) is 19.2 Å². The van der Waals surface area contributed by atoms with E-state index in [1.54, 1.807) is 23.5 Å². The number of amides is 2. The fourth-order valence-corrected chi connectivity index (χ4v) is 5.44. The van der Waals surface area contributed by atoms with Gasteiger partial charge < -0.3 is 31.6 Å². The summed E-state index contributed by atoms with van der Waals surface area (Å²) in [6, 6.07) is -3.23. The molecule has 0 saturated heterocycles. The lowest BCUT2D eigenvalue weighted by Crippen LogP contribution is -2.50. The molecule has 0 heterocycles. The van der Waals surface area contributed by atoms with Crippen LogP contribution < -0.4 is 22.1 Å². The minimum atomic E-state index is -0.892. The summed E-state index contributed by atoms with van der Waals surface area (Å²) in [6.07, 6.45) is 4.81. The summed E-state index contributed by atoms with van der Waals surface area (Å²) < 4.78 is 9.50. The third-order valence-electron chi connectivity index (χ3n) is 4.10. The van der Waals surface area contributed by atoms with Gasteiger partial charge in [0, 0.05) is 11.5 Å². The maximum absolute atomic E-state index is 12.2. The van der Waals surface area contributed by atoms with Crippen molar-refractivity contribution in [3.63, 3.8) is 0 Å². The first-order valence-corrected chi connectivity index (χ1v) is 15.0. The van der Waals surface area contributed by atoms with Crippen molar-refractivity contribution < 1.29 is 28.7 Å². The lowest BCUT2D eigenvalue weighted by atomic mass is 10.2. The van der Waals surface area contributed by atoms with Gasteiger partial charge in [0.1, 0.15) is 12.1 Å². The molecule has 0 aromatic heterocycles. The van der Waals surface area contributed by atoms with E-state index in [0.29, 0.717) is 12.8 Å². The maximum Gasteiger partial charge on any atom is 0.329 e. The molecule has 2 amide bonds. The van der Waals surface area contributed by atoms with Gasteiger partial charge in [-0.1, -0.05) is 21.6 Å². The van der Waals surface area contributed by atoms with Crippen molar-refractivity contribution in [1.29, 1.82) is 0 Å². The Morgan fingerprint density at radius 2 is 1.09 bits per heavy atom. The summed E-state index contributed by atoms with van der Waals surface area (Å²) in [6.45, 7) is 0. The second kappa shape index (κ2) is 18.6. The maximum atomic E-state index is 12.2. The van der Waals surface area contributed by atoms with Crippen LogP contribution in [-0.4, -0.2) is 97.7 Å². The molecule has 186 valence electrons. The van der Waals surface area contributed by atoms with E-state index in [2.05, 4.69) is 10.6 Å². The Labute approximate surface area is 205 Å². The lowest BCUT2D eigenvalue weighted by Gasteiger charge is -2.20. The molecule has 14 heteroatoms. The Morgan fingerprint density at radius 1 is 0.750 bits per heavy atom. The molecule has 0 aromatic carbocycles. The summed E-state index contributed by atoms with van der Waals surface area (Å²) >= 11 is 3.15. The number of thioether (sulfide) groups is 2. The topological polar surface area (TPSA) is 163 Å². The largest absolute Gasteiger partial charge is 0.467 e. The van der Waals surface area contributed by atoms with Crippen molar-refractivity contribution in [2.45, 2.75) is 37.0 Å². The number of carbonyl (C=O) groups excluding carboxylic acids is 4. The van der Waals surface area contributed by atoms with Crippen molar-refractivity contribution in [2.24, 2.45) is 11.5 Å². The van der Waals surface area contributed by atoms with Crippen LogP contribution >= 0.6 is 45.1 Å². The minimum Gasteiger partial charge on any atom is -0.467 e. The van der Waals surface area contributed by atoms with E-state index in [0.717, 1.165) is 11.5 Å². The van der Waals surface area contributed by atoms with E-state index < -0.39 is 47.9 Å². The van der Waals surface area contributed by atoms with Gasteiger partial charge in [0.2, 0.25) is 11.8 Å². The average Bonchev–Trinajstić information content (AvgIpc) is 2.80. The second-order valence-corrected chi connectivity index (χ2v) is 11.0. The van der Waals surface area contributed by atoms with E-state index >= 15 is 0 Å². The zero-order valence-electron chi connectivity index (χ0n) is 18.8. The molecule has 0 unspecified atom stereocenters. The summed E-state index contributed by atoms with van der Waals surface area (Å²) in [4.78, 5) is 48.5. The first-order valence-electron chi connectivity index (χ1n) is 9.71. The molecule has 0 spiro atoms. The third kappa shape index (κ3) is 13.0. The number of hydrogen-bond acceptors (Lipinski definition) is 12. The number of hydrogen-bond donors (Lipinski definition) is 4. The van der Waals surface area contributed by atoms with Crippen molar-refractivity contribution in [1.82, 2.24) is 10.6 Å². The number of nitrogens with one attached hydrogen (secondary N) is 2. The molecule has 0 aliphatic rings. The minimum absolute atomic E-state index is 0.188. The number of ether oxygens (including phenoxy) is 2. The average molecular weight is 531 g/mol. The monoisotopic (exact) mass is 530 g/mol. The first-order chi connectivity index (χ1) is 15.2. The van der Waals surface area contributed by atoms with E-state index in [4.69, 9.17) is 20.9 Å². The number of methoxy groups -OCH3 is 2. The fraction of sp³-hybridized carbons (Fsp3) is 0.778. The predicted octanol–water partition coefficient (Wildman–Crippen LogP) is -0.156. The summed E-state index contributed by atoms with van der Waals surface area (Å²) in [7, 11) is 4.95. The molecule has 32 heavy (non-hydrogen) atoms. The van der Waals surface area contributed by atoms with E-state index in [1.807, 2.05) is 12.5 Å². The summed E-state index contributed by atoms with van der Waals surface area (Å²) in [5.74, 6) is -0.228. The molecule has 0 bridgehead atoms. The van der Waals surface area contributed by atoms with Gasteiger partial charge in [-0.3, -0.25) is 9.59 Å². The highest BCUT2D eigenvalue weighted by Gasteiger charge is 2.27. The molecule has 0 saturated carbocycles. The number of rotatable bonds is 17. The van der Waals surface area contributed by atoms with E-state index in [1.165, 1.54) is 35.8 Å². The van der Waals surface area contributed by atoms with Crippen LogP contribution in [0, 0.1) is 0 Å². The van der Waals surface area contributed by atoms with Gasteiger partial charge in [-0.2, -0.15) is 23.5 Å². The molecule has 6 N–H and O–H groups in total. The Kier molecular flexibility index (Phi) is 18.1. The van der Waals surface area contributed by atoms with Crippen LogP contribution in [0.1, 0.15) is 12.8 Å². The van der Waals surface area contributed by atoms with Crippen LogP contribution in [0.15, 0.2) is 0 Å². The molecule has 0 fully saturated rings. The number of esters is 2. The Bertz CT molecular complexity index is 552. The molecule has 4 atom stereocenters. The Hall–Kier alpha value is -0.800. The van der Waals surface area contributed by atoms with Crippen molar-refractivity contribution in [2.75, 3.05) is 49.7 Å². The van der Waals surface area contributed by atoms with Crippen LogP contribution in [0.25, 0.3) is 0 Å². The van der Waals surface area contributed by atoms with Gasteiger partial charge in [0.15, 0.2) is 0 Å². The standard InChI is InChI=1S/C18H34N4O6S4/c1-27-17(25)13(21-15(23)11(19)5-7-29-3)9-31-32-10-14(18(26)28-2)22-16(24)12(20)6-8-30-4/h11-14H,5-10,19-20H2,1-4H3,(H,21,23)(H,22,24)/t11-,12-,13-,14-/m0/s1. The highest BCUT2D eigenvalue weighted by Crippen LogP contribution is 2.23. The van der Waals surface area contributed by atoms with Crippen LogP contribution in [0.4, 0.5) is 0 Å². The quantitative estimate of drug-likeness (QED) is 0.112. The Balaban J connectivity index is 4.74. The predicted molar refractivity (Wildman–Crippen MR) is 135 cm³/mol. The van der Waals surface area contributed by atoms with Crippen LogP contribution in [-0.2, 0) is 28.7 Å². The fourth-order valence-electron chi connectivity index (χ4n) is 2.16. The van der Waals surface area contributed by atoms with Gasteiger partial charge in [0.25, 0.3) is 0 Å². The van der Waals surface area contributed by atoms with E-state index in [-0.39, 0.29) is 11.5 Å². The van der Waals surface area contributed by atoms with Gasteiger partial charge in [-0.15, -0.1) is 0 Å². The van der Waals surface area contributed by atoms with Gasteiger partial charge >= 0.3 is 11.9 Å². The van der Waals surface area contributed by atoms with Crippen molar-refractivity contribution in [3.8, 4) is 0 Å². The smallest absolute Gasteiger partial charge is 0.329 e. The highest BCUT2D eigenvalue weighted by atomic mass is 33.1. The number of nitrogens with two attached hydrogens (primary N) is 2. The lowest BCUT2D eigenvalue weighted by molar-refractivity contribution is -0.144. The van der Waals surface area contributed by atoms with Crippen LogP contribution in [0.2, 0.25) is 0 Å². The summed E-state index contributed by atoms with van der Waals surface area (Å²) in [5, 5.41) is 5.21. The second-order valence-electron chi connectivity index (χ2n) is 6.51. The molecule has 0 rings (SSSR count). The highest BCUT2D eigenvalue weighted by molar-refractivity contribution is 8.76. The summed E-state index contributed by atoms with van der Waals surface area (Å²) in [5.41, 5.74) is 11.7. The van der Waals surface area contributed by atoms with Gasteiger partial charge in [-0.25, -0.2) is 9.59 Å². The SMILES string of the molecule is COC(=O)[C@H](CSSC[C@H](NC(=O)[C@@H](N)CCSC)C(=O)OC)NC(=O)[C@@H](N)CCSC. The molecule has 0 aliphatic carbocycles. The van der Waals surface area contributed by atoms with Crippen molar-refractivity contribution in [3.05, 3.63) is 0 Å². The molecule has 0 aliphatic heterocycles.